The first-order valence-electron chi connectivity index (χ1n) is 7.82. The zero-order chi connectivity index (χ0) is 15.3. The zero-order valence-corrected chi connectivity index (χ0v) is 16.4. The van der Waals surface area contributed by atoms with E-state index in [0.717, 1.165) is 24.2 Å². The van der Waals surface area contributed by atoms with Crippen LogP contribution in [0.3, 0.4) is 0 Å². The first-order valence-corrected chi connectivity index (χ1v) is 7.82. The van der Waals surface area contributed by atoms with E-state index in [1.165, 1.54) is 25.7 Å². The van der Waals surface area contributed by atoms with Crippen LogP contribution in [-0.4, -0.2) is 34.3 Å². The van der Waals surface area contributed by atoms with Crippen LogP contribution >= 0.6 is 24.0 Å². The monoisotopic (exact) mass is 420 g/mol. The van der Waals surface area contributed by atoms with Gasteiger partial charge in [-0.15, -0.1) is 24.0 Å². The molecule has 6 nitrogen and oxygen atoms in total. The summed E-state index contributed by atoms with van der Waals surface area (Å²) >= 11 is 0. The van der Waals surface area contributed by atoms with Gasteiger partial charge in [-0.2, -0.15) is 5.10 Å². The van der Waals surface area contributed by atoms with Gasteiger partial charge >= 0.3 is 0 Å². The van der Waals surface area contributed by atoms with E-state index >= 15 is 0 Å². The molecule has 1 aliphatic carbocycles. The quantitative estimate of drug-likeness (QED) is 0.421. The van der Waals surface area contributed by atoms with Crippen molar-refractivity contribution in [3.05, 3.63) is 12.2 Å². The predicted octanol–water partition coefficient (Wildman–Crippen LogP) is 2.31. The maximum Gasteiger partial charge on any atom is 0.191 e. The lowest BCUT2D eigenvalue weighted by Crippen LogP contribution is -2.46. The fourth-order valence-corrected chi connectivity index (χ4v) is 3.13. The number of aryl methyl sites for hydroxylation is 1. The van der Waals surface area contributed by atoms with E-state index in [1.54, 1.807) is 11.0 Å². The van der Waals surface area contributed by atoms with Crippen molar-refractivity contribution < 1.29 is 0 Å². The molecule has 2 N–H and O–H groups in total. The molecule has 126 valence electrons. The highest BCUT2D eigenvalue weighted by atomic mass is 127. The summed E-state index contributed by atoms with van der Waals surface area (Å²) in [6.07, 6.45) is 6.88. The number of aromatic nitrogens is 3. The van der Waals surface area contributed by atoms with Gasteiger partial charge in [0.2, 0.25) is 0 Å². The summed E-state index contributed by atoms with van der Waals surface area (Å²) in [5.41, 5.74) is 0.469. The van der Waals surface area contributed by atoms with Crippen molar-refractivity contribution >= 4 is 29.9 Å². The Morgan fingerprint density at radius 1 is 1.41 bits per heavy atom. The number of nitrogens with zero attached hydrogens (tertiary/aromatic N) is 4. The lowest BCUT2D eigenvalue weighted by atomic mass is 9.64. The minimum Gasteiger partial charge on any atom is -0.356 e. The Morgan fingerprint density at radius 2 is 2.14 bits per heavy atom. The van der Waals surface area contributed by atoms with E-state index < -0.39 is 0 Å². The minimum atomic E-state index is 0. The third kappa shape index (κ3) is 5.10. The standard InChI is InChI=1S/C15H28N6.HI/c1-12(2)8-15(6-5-7-15)10-18-14(16-3)17-9-13-19-11-20-21(13)4;/h11-12H,5-10H2,1-4H3,(H2,16,17,18);1H. The van der Waals surface area contributed by atoms with Gasteiger partial charge in [-0.25, -0.2) is 4.98 Å². The Bertz CT molecular complexity index is 478. The third-order valence-electron chi connectivity index (χ3n) is 4.33. The molecule has 0 amide bonds. The smallest absolute Gasteiger partial charge is 0.191 e. The molecule has 7 heteroatoms. The fraction of sp³-hybridized carbons (Fsp3) is 0.800. The lowest BCUT2D eigenvalue weighted by Gasteiger charge is -2.43. The van der Waals surface area contributed by atoms with E-state index in [4.69, 9.17) is 0 Å². The van der Waals surface area contributed by atoms with E-state index in [0.29, 0.717) is 12.0 Å². The van der Waals surface area contributed by atoms with Gasteiger partial charge < -0.3 is 10.6 Å². The minimum absolute atomic E-state index is 0. The van der Waals surface area contributed by atoms with Crippen molar-refractivity contribution in [3.63, 3.8) is 0 Å². The van der Waals surface area contributed by atoms with Crippen molar-refractivity contribution in [3.8, 4) is 0 Å². The van der Waals surface area contributed by atoms with Gasteiger partial charge in [-0.1, -0.05) is 20.3 Å². The van der Waals surface area contributed by atoms with Crippen molar-refractivity contribution in [1.29, 1.82) is 0 Å². The largest absolute Gasteiger partial charge is 0.356 e. The average molecular weight is 420 g/mol. The Labute approximate surface area is 150 Å². The summed E-state index contributed by atoms with van der Waals surface area (Å²) in [5.74, 6) is 2.49. The number of halogens is 1. The summed E-state index contributed by atoms with van der Waals surface area (Å²) in [6, 6.07) is 0. The number of hydrogen-bond acceptors (Lipinski definition) is 3. The second-order valence-corrected chi connectivity index (χ2v) is 6.53. The van der Waals surface area contributed by atoms with Crippen molar-refractivity contribution in [1.82, 2.24) is 25.4 Å². The predicted molar refractivity (Wildman–Crippen MR) is 100 cm³/mol. The molecule has 1 fully saturated rings. The number of rotatable bonds is 6. The molecular weight excluding hydrogens is 391 g/mol. The van der Waals surface area contributed by atoms with Crippen LogP contribution in [0.4, 0.5) is 0 Å². The van der Waals surface area contributed by atoms with Gasteiger partial charge in [0.1, 0.15) is 12.2 Å². The van der Waals surface area contributed by atoms with Crippen molar-refractivity contribution in [2.24, 2.45) is 23.4 Å². The van der Waals surface area contributed by atoms with Crippen LogP contribution in [0.1, 0.15) is 45.4 Å². The summed E-state index contributed by atoms with van der Waals surface area (Å²) in [7, 11) is 3.70. The molecule has 1 aromatic heterocycles. The van der Waals surface area contributed by atoms with Crippen LogP contribution in [0, 0.1) is 11.3 Å². The first-order chi connectivity index (χ1) is 10.0. The van der Waals surface area contributed by atoms with E-state index in [1.807, 2.05) is 14.1 Å². The Morgan fingerprint density at radius 3 is 2.59 bits per heavy atom. The van der Waals surface area contributed by atoms with Crippen LogP contribution in [0.5, 0.6) is 0 Å². The second-order valence-electron chi connectivity index (χ2n) is 6.53. The highest BCUT2D eigenvalue weighted by Gasteiger charge is 2.37. The summed E-state index contributed by atoms with van der Waals surface area (Å²) in [5, 5.41) is 10.8. The summed E-state index contributed by atoms with van der Waals surface area (Å²) < 4.78 is 1.77. The Hall–Kier alpha value is -0.860. The molecule has 0 spiro atoms. The van der Waals surface area contributed by atoms with Gasteiger partial charge in [0.25, 0.3) is 0 Å². The van der Waals surface area contributed by atoms with Gasteiger partial charge in [0.05, 0.1) is 6.54 Å². The molecule has 0 atom stereocenters. The molecule has 1 saturated carbocycles. The topological polar surface area (TPSA) is 67.1 Å². The number of guanidine groups is 1. The molecule has 0 radical (unpaired) electrons. The molecule has 0 bridgehead atoms. The second kappa shape index (κ2) is 8.69. The van der Waals surface area contributed by atoms with E-state index in [2.05, 4.69) is 39.6 Å². The Balaban J connectivity index is 0.00000242. The average Bonchev–Trinajstić information content (AvgIpc) is 2.80. The molecule has 0 unspecified atom stereocenters. The highest BCUT2D eigenvalue weighted by molar-refractivity contribution is 14.0. The summed E-state index contributed by atoms with van der Waals surface area (Å²) in [6.45, 7) is 6.25. The van der Waals surface area contributed by atoms with Crippen LogP contribution in [0.2, 0.25) is 0 Å². The summed E-state index contributed by atoms with van der Waals surface area (Å²) in [4.78, 5) is 8.50. The van der Waals surface area contributed by atoms with Gasteiger partial charge in [0, 0.05) is 20.6 Å². The van der Waals surface area contributed by atoms with Crippen LogP contribution in [0.25, 0.3) is 0 Å². The normalized spacial score (nSPS) is 16.9. The molecular formula is C15H29IN6. The zero-order valence-electron chi connectivity index (χ0n) is 14.1. The van der Waals surface area contributed by atoms with Gasteiger partial charge in [0.15, 0.2) is 5.96 Å². The maximum atomic E-state index is 4.29. The molecule has 1 heterocycles. The van der Waals surface area contributed by atoms with Crippen molar-refractivity contribution in [2.75, 3.05) is 13.6 Å². The number of aliphatic imine (C=N–C) groups is 1. The Kier molecular flexibility index (Phi) is 7.58. The van der Waals surface area contributed by atoms with Crippen LogP contribution in [-0.2, 0) is 13.6 Å². The first kappa shape index (κ1) is 19.2. The third-order valence-corrected chi connectivity index (χ3v) is 4.33. The highest BCUT2D eigenvalue weighted by Crippen LogP contribution is 2.45. The van der Waals surface area contributed by atoms with Gasteiger partial charge in [-0.3, -0.25) is 9.67 Å². The van der Waals surface area contributed by atoms with Crippen molar-refractivity contribution in [2.45, 2.75) is 46.1 Å². The fourth-order valence-electron chi connectivity index (χ4n) is 3.13. The molecule has 0 aromatic carbocycles. The lowest BCUT2D eigenvalue weighted by molar-refractivity contribution is 0.104. The van der Waals surface area contributed by atoms with Crippen LogP contribution in [0.15, 0.2) is 11.3 Å². The van der Waals surface area contributed by atoms with Crippen LogP contribution < -0.4 is 10.6 Å². The molecule has 22 heavy (non-hydrogen) atoms. The van der Waals surface area contributed by atoms with Gasteiger partial charge in [-0.05, 0) is 30.6 Å². The number of hydrogen-bond donors (Lipinski definition) is 2. The van der Waals surface area contributed by atoms with E-state index in [-0.39, 0.29) is 24.0 Å². The number of nitrogens with one attached hydrogen (secondary N) is 2. The molecule has 1 aromatic rings. The molecule has 0 aliphatic heterocycles. The SMILES string of the molecule is CN=C(NCc1ncnn1C)NCC1(CC(C)C)CCC1.I. The maximum absolute atomic E-state index is 4.29. The molecule has 0 saturated heterocycles. The molecule has 2 rings (SSSR count). The van der Waals surface area contributed by atoms with E-state index in [9.17, 15) is 0 Å². The molecule has 1 aliphatic rings.